The third-order valence-electron chi connectivity index (χ3n) is 3.80. The minimum absolute atomic E-state index is 0.0478. The standard InChI is InChI=1S/C14H17ClN2O3S/c15-12-6-5-10(8-16)14(7-12)21(19,20)17-13-4-2-1-3-11(13)9-18/h5-7,11,13,17-18H,1-4,9H2. The van der Waals surface area contributed by atoms with Gasteiger partial charge in [-0.05, 0) is 37.0 Å². The number of halogens is 1. The molecule has 2 atom stereocenters. The van der Waals surface area contributed by atoms with E-state index in [2.05, 4.69) is 4.72 Å². The lowest BCUT2D eigenvalue weighted by atomic mass is 9.86. The smallest absolute Gasteiger partial charge is 0.242 e. The molecular formula is C14H17ClN2O3S. The molecule has 2 N–H and O–H groups in total. The second kappa shape index (κ2) is 6.75. The summed E-state index contributed by atoms with van der Waals surface area (Å²) < 4.78 is 27.6. The molecule has 0 heterocycles. The Morgan fingerprint density at radius 1 is 1.38 bits per heavy atom. The highest BCUT2D eigenvalue weighted by Crippen LogP contribution is 2.27. The molecule has 5 nitrogen and oxygen atoms in total. The van der Waals surface area contributed by atoms with Gasteiger partial charge in [0.25, 0.3) is 0 Å². The van der Waals surface area contributed by atoms with Crippen molar-refractivity contribution in [2.45, 2.75) is 36.6 Å². The van der Waals surface area contributed by atoms with Crippen LogP contribution in [0.1, 0.15) is 31.2 Å². The molecule has 0 spiro atoms. The van der Waals surface area contributed by atoms with Crippen molar-refractivity contribution in [1.29, 1.82) is 5.26 Å². The molecule has 0 radical (unpaired) electrons. The first-order chi connectivity index (χ1) is 9.97. The number of benzene rings is 1. The van der Waals surface area contributed by atoms with E-state index in [1.54, 1.807) is 0 Å². The first kappa shape index (κ1) is 16.2. The van der Waals surface area contributed by atoms with Gasteiger partial charge in [-0.25, -0.2) is 13.1 Å². The van der Waals surface area contributed by atoms with E-state index in [-0.39, 0.29) is 34.0 Å². The molecule has 2 unspecified atom stereocenters. The van der Waals surface area contributed by atoms with Crippen molar-refractivity contribution in [1.82, 2.24) is 4.72 Å². The summed E-state index contributed by atoms with van der Waals surface area (Å²) in [5, 5.41) is 18.7. The fourth-order valence-corrected chi connectivity index (χ4v) is 4.41. The van der Waals surface area contributed by atoms with Gasteiger partial charge in [0.2, 0.25) is 10.0 Å². The Morgan fingerprint density at radius 3 is 2.76 bits per heavy atom. The molecule has 0 saturated heterocycles. The van der Waals surface area contributed by atoms with E-state index in [0.717, 1.165) is 19.3 Å². The van der Waals surface area contributed by atoms with E-state index in [0.29, 0.717) is 6.42 Å². The average Bonchev–Trinajstić information content (AvgIpc) is 2.47. The lowest BCUT2D eigenvalue weighted by Gasteiger charge is -2.30. The molecule has 1 aromatic carbocycles. The van der Waals surface area contributed by atoms with Crippen molar-refractivity contribution < 1.29 is 13.5 Å². The van der Waals surface area contributed by atoms with Crippen LogP contribution in [0.15, 0.2) is 23.1 Å². The maximum absolute atomic E-state index is 12.5. The summed E-state index contributed by atoms with van der Waals surface area (Å²) in [5.74, 6) is -0.0850. The number of nitrogens with one attached hydrogen (secondary N) is 1. The SMILES string of the molecule is N#Cc1ccc(Cl)cc1S(=O)(=O)NC1CCCCC1CO. The lowest BCUT2D eigenvalue weighted by molar-refractivity contribution is 0.164. The van der Waals surface area contributed by atoms with E-state index >= 15 is 0 Å². The molecule has 21 heavy (non-hydrogen) atoms. The van der Waals surface area contributed by atoms with Crippen LogP contribution in [0, 0.1) is 17.2 Å². The Morgan fingerprint density at radius 2 is 2.10 bits per heavy atom. The fourth-order valence-electron chi connectivity index (χ4n) is 2.65. The Balaban J connectivity index is 2.30. The van der Waals surface area contributed by atoms with Gasteiger partial charge in [0, 0.05) is 17.7 Å². The number of rotatable bonds is 4. The van der Waals surface area contributed by atoms with Gasteiger partial charge >= 0.3 is 0 Å². The number of aliphatic hydroxyl groups excluding tert-OH is 1. The predicted molar refractivity (Wildman–Crippen MR) is 79.3 cm³/mol. The number of hydrogen-bond acceptors (Lipinski definition) is 4. The van der Waals surface area contributed by atoms with E-state index in [1.807, 2.05) is 6.07 Å². The summed E-state index contributed by atoms with van der Waals surface area (Å²) >= 11 is 5.84. The van der Waals surface area contributed by atoms with Crippen LogP contribution < -0.4 is 4.72 Å². The second-order valence-electron chi connectivity index (χ2n) is 5.21. The number of nitrogens with zero attached hydrogens (tertiary/aromatic N) is 1. The van der Waals surface area contributed by atoms with Crippen LogP contribution in [0.5, 0.6) is 0 Å². The molecular weight excluding hydrogens is 312 g/mol. The maximum Gasteiger partial charge on any atom is 0.242 e. The second-order valence-corrected chi connectivity index (χ2v) is 7.33. The van der Waals surface area contributed by atoms with Gasteiger partial charge < -0.3 is 5.11 Å². The summed E-state index contributed by atoms with van der Waals surface area (Å²) in [5.41, 5.74) is 0.0586. The molecule has 0 bridgehead atoms. The van der Waals surface area contributed by atoms with Crippen molar-refractivity contribution in [2.24, 2.45) is 5.92 Å². The molecule has 1 saturated carbocycles. The van der Waals surface area contributed by atoms with Crippen molar-refractivity contribution in [2.75, 3.05) is 6.61 Å². The number of nitriles is 1. The molecule has 114 valence electrons. The van der Waals surface area contributed by atoms with Crippen LogP contribution in [-0.4, -0.2) is 26.2 Å². The molecule has 1 aliphatic carbocycles. The zero-order valence-corrected chi connectivity index (χ0v) is 13.0. The zero-order chi connectivity index (χ0) is 15.5. The summed E-state index contributed by atoms with van der Waals surface area (Å²) in [4.78, 5) is -0.111. The number of sulfonamides is 1. The monoisotopic (exact) mass is 328 g/mol. The van der Waals surface area contributed by atoms with Gasteiger partial charge in [-0.15, -0.1) is 0 Å². The van der Waals surface area contributed by atoms with Crippen molar-refractivity contribution in [3.05, 3.63) is 28.8 Å². The molecule has 1 fully saturated rings. The normalized spacial score (nSPS) is 22.7. The average molecular weight is 329 g/mol. The highest BCUT2D eigenvalue weighted by atomic mass is 35.5. The maximum atomic E-state index is 12.5. The van der Waals surface area contributed by atoms with Crippen molar-refractivity contribution in [3.8, 4) is 6.07 Å². The van der Waals surface area contributed by atoms with Crippen LogP contribution >= 0.6 is 11.6 Å². The first-order valence-corrected chi connectivity index (χ1v) is 8.67. The molecule has 0 aromatic heterocycles. The molecule has 1 aliphatic rings. The van der Waals surface area contributed by atoms with Gasteiger partial charge in [0.05, 0.1) is 5.56 Å². The molecule has 1 aromatic rings. The summed E-state index contributed by atoms with van der Waals surface area (Å²) in [6.45, 7) is -0.0478. The van der Waals surface area contributed by atoms with Crippen LogP contribution in [0.2, 0.25) is 5.02 Å². The minimum Gasteiger partial charge on any atom is -0.396 e. The highest BCUT2D eigenvalue weighted by Gasteiger charge is 2.30. The van der Waals surface area contributed by atoms with Crippen LogP contribution in [0.25, 0.3) is 0 Å². The Kier molecular flexibility index (Phi) is 5.22. The summed E-state index contributed by atoms with van der Waals surface area (Å²) in [6.07, 6.45) is 3.39. The molecule has 0 amide bonds. The Hall–Kier alpha value is -1.13. The number of hydrogen-bond donors (Lipinski definition) is 2. The largest absolute Gasteiger partial charge is 0.396 e. The predicted octanol–water partition coefficient (Wildman–Crippen LogP) is 2.04. The Bertz CT molecular complexity index is 655. The topological polar surface area (TPSA) is 90.2 Å². The van der Waals surface area contributed by atoms with Crippen LogP contribution in [0.3, 0.4) is 0 Å². The summed E-state index contributed by atoms with van der Waals surface area (Å²) in [6, 6.07) is 5.71. The van der Waals surface area contributed by atoms with Gasteiger partial charge in [-0.1, -0.05) is 24.4 Å². The van der Waals surface area contributed by atoms with Gasteiger partial charge in [-0.3, -0.25) is 0 Å². The van der Waals surface area contributed by atoms with Crippen molar-refractivity contribution >= 4 is 21.6 Å². The highest BCUT2D eigenvalue weighted by molar-refractivity contribution is 7.89. The van der Waals surface area contributed by atoms with Gasteiger partial charge in [0.15, 0.2) is 0 Å². The van der Waals surface area contributed by atoms with E-state index < -0.39 is 10.0 Å². The fraction of sp³-hybridized carbons (Fsp3) is 0.500. The van der Waals surface area contributed by atoms with Gasteiger partial charge in [-0.2, -0.15) is 5.26 Å². The summed E-state index contributed by atoms with van der Waals surface area (Å²) in [7, 11) is -3.84. The molecule has 7 heteroatoms. The van der Waals surface area contributed by atoms with E-state index in [9.17, 15) is 13.5 Å². The van der Waals surface area contributed by atoms with Crippen LogP contribution in [-0.2, 0) is 10.0 Å². The Labute approximate surface area is 129 Å². The number of aliphatic hydroxyl groups is 1. The van der Waals surface area contributed by atoms with Gasteiger partial charge in [0.1, 0.15) is 11.0 Å². The third-order valence-corrected chi connectivity index (χ3v) is 5.57. The lowest BCUT2D eigenvalue weighted by Crippen LogP contribution is -2.43. The third kappa shape index (κ3) is 3.74. The van der Waals surface area contributed by atoms with Crippen LogP contribution in [0.4, 0.5) is 0 Å². The first-order valence-electron chi connectivity index (χ1n) is 6.81. The quantitative estimate of drug-likeness (QED) is 0.885. The minimum atomic E-state index is -3.84. The molecule has 0 aliphatic heterocycles. The van der Waals surface area contributed by atoms with E-state index in [1.165, 1.54) is 18.2 Å². The zero-order valence-electron chi connectivity index (χ0n) is 11.4. The molecule has 2 rings (SSSR count). The van der Waals surface area contributed by atoms with E-state index in [4.69, 9.17) is 16.9 Å². The van der Waals surface area contributed by atoms with Crippen molar-refractivity contribution in [3.63, 3.8) is 0 Å².